The number of benzene rings is 6. The summed E-state index contributed by atoms with van der Waals surface area (Å²) >= 11 is 0. The molecule has 0 aliphatic carbocycles. The molecule has 1 aromatic heterocycles. The Labute approximate surface area is 249 Å². The van der Waals surface area contributed by atoms with E-state index in [1.54, 1.807) is 0 Å². The van der Waals surface area contributed by atoms with Crippen molar-refractivity contribution in [3.05, 3.63) is 168 Å². The third-order valence-electron chi connectivity index (χ3n) is 7.95. The highest BCUT2D eigenvalue weighted by Gasteiger charge is 2.21. The predicted octanol–water partition coefficient (Wildman–Crippen LogP) is 9.42. The smallest absolute Gasteiger partial charge is 0.169 e. The van der Waals surface area contributed by atoms with Crippen LogP contribution in [0.1, 0.15) is 22.9 Å². The second kappa shape index (κ2) is 10.6. The van der Waals surface area contributed by atoms with E-state index in [1.807, 2.05) is 42.5 Å². The lowest BCUT2D eigenvalue weighted by molar-refractivity contribution is 0.669. The molecule has 4 heteroatoms. The van der Waals surface area contributed by atoms with Gasteiger partial charge in [0, 0.05) is 21.9 Å². The molecule has 204 valence electrons. The molecule has 1 aliphatic rings. The van der Waals surface area contributed by atoms with Crippen LogP contribution in [0.25, 0.3) is 44.2 Å². The SMILES string of the molecule is c1ccc(-c2ccc(C3=NC(c4ccccc4)N=C(c4cccc(-c5cccc6oc7ccccc7c56)c4)N3)cc2)cc1. The topological polar surface area (TPSA) is 49.9 Å². The number of aliphatic imine (C=N–C) groups is 2. The van der Waals surface area contributed by atoms with Crippen LogP contribution in [0.4, 0.5) is 0 Å². The fraction of sp³-hybridized carbons (Fsp3) is 0.0256. The van der Waals surface area contributed by atoms with Gasteiger partial charge in [0.25, 0.3) is 0 Å². The molecule has 2 heterocycles. The van der Waals surface area contributed by atoms with E-state index in [0.717, 1.165) is 61.4 Å². The van der Waals surface area contributed by atoms with Gasteiger partial charge in [-0.3, -0.25) is 0 Å². The zero-order valence-corrected chi connectivity index (χ0v) is 23.3. The van der Waals surface area contributed by atoms with Crippen LogP contribution in [-0.2, 0) is 0 Å². The second-order valence-electron chi connectivity index (χ2n) is 10.7. The average Bonchev–Trinajstić information content (AvgIpc) is 3.48. The molecule has 0 saturated carbocycles. The summed E-state index contributed by atoms with van der Waals surface area (Å²) in [5, 5.41) is 5.80. The van der Waals surface area contributed by atoms with Gasteiger partial charge in [-0.05, 0) is 46.0 Å². The summed E-state index contributed by atoms with van der Waals surface area (Å²) in [4.78, 5) is 10.2. The van der Waals surface area contributed by atoms with Crippen molar-refractivity contribution < 1.29 is 4.42 Å². The Morgan fingerprint density at radius 2 is 1.05 bits per heavy atom. The summed E-state index contributed by atoms with van der Waals surface area (Å²) in [5.74, 6) is 1.59. The molecule has 8 rings (SSSR count). The van der Waals surface area contributed by atoms with E-state index in [0.29, 0.717) is 0 Å². The Morgan fingerprint density at radius 3 is 1.86 bits per heavy atom. The summed E-state index contributed by atoms with van der Waals surface area (Å²) in [6.45, 7) is 0. The van der Waals surface area contributed by atoms with Crippen LogP contribution in [0.15, 0.2) is 166 Å². The Morgan fingerprint density at radius 1 is 0.465 bits per heavy atom. The molecule has 0 amide bonds. The van der Waals surface area contributed by atoms with Gasteiger partial charge in [0.2, 0.25) is 0 Å². The van der Waals surface area contributed by atoms with Crippen molar-refractivity contribution >= 4 is 33.6 Å². The van der Waals surface area contributed by atoms with Crippen LogP contribution in [0.3, 0.4) is 0 Å². The molecule has 43 heavy (non-hydrogen) atoms. The highest BCUT2D eigenvalue weighted by atomic mass is 16.3. The summed E-state index contributed by atoms with van der Waals surface area (Å²) in [6, 6.07) is 52.2. The molecule has 0 bridgehead atoms. The number of nitrogens with one attached hydrogen (secondary N) is 1. The summed E-state index contributed by atoms with van der Waals surface area (Å²) in [6.07, 6.45) is -0.355. The standard InChI is InChI=1S/C39H27N3O/c1-3-11-26(12-4-1)27-21-23-29(24-22-27)38-40-37(28-13-5-2-6-14-28)41-39(42-38)31-16-9-15-30(25-31)32-18-10-20-35-36(32)33-17-7-8-19-34(33)43-35/h1-25,37H,(H,40,41,42). The maximum absolute atomic E-state index is 6.17. The fourth-order valence-corrected chi connectivity index (χ4v) is 5.82. The van der Waals surface area contributed by atoms with Crippen molar-refractivity contribution in [2.45, 2.75) is 6.17 Å². The van der Waals surface area contributed by atoms with Gasteiger partial charge in [0.15, 0.2) is 6.17 Å². The molecule has 4 nitrogen and oxygen atoms in total. The highest BCUT2D eigenvalue weighted by molar-refractivity contribution is 6.17. The minimum absolute atomic E-state index is 0.355. The number of amidine groups is 2. The van der Waals surface area contributed by atoms with Crippen LogP contribution in [0.2, 0.25) is 0 Å². The quantitative estimate of drug-likeness (QED) is 0.231. The van der Waals surface area contributed by atoms with Gasteiger partial charge in [-0.2, -0.15) is 0 Å². The molecule has 6 aromatic carbocycles. The van der Waals surface area contributed by atoms with Crippen LogP contribution >= 0.6 is 0 Å². The molecule has 1 unspecified atom stereocenters. The molecule has 1 atom stereocenters. The molecule has 7 aromatic rings. The first-order valence-electron chi connectivity index (χ1n) is 14.4. The number of rotatable bonds is 5. The third kappa shape index (κ3) is 4.69. The van der Waals surface area contributed by atoms with Crippen LogP contribution in [-0.4, -0.2) is 11.7 Å². The van der Waals surface area contributed by atoms with Gasteiger partial charge < -0.3 is 9.73 Å². The maximum atomic E-state index is 6.17. The lowest BCUT2D eigenvalue weighted by atomic mass is 9.97. The Bertz CT molecular complexity index is 2140. The van der Waals surface area contributed by atoms with Crippen molar-refractivity contribution in [2.75, 3.05) is 0 Å². The molecular formula is C39H27N3O. The zero-order valence-electron chi connectivity index (χ0n) is 23.3. The minimum Gasteiger partial charge on any atom is -0.456 e. The highest BCUT2D eigenvalue weighted by Crippen LogP contribution is 2.37. The number of hydrogen-bond donors (Lipinski definition) is 1. The second-order valence-corrected chi connectivity index (χ2v) is 10.7. The lowest BCUT2D eigenvalue weighted by Gasteiger charge is -2.23. The predicted molar refractivity (Wildman–Crippen MR) is 176 cm³/mol. The van der Waals surface area contributed by atoms with Crippen molar-refractivity contribution in [1.82, 2.24) is 5.32 Å². The first kappa shape index (κ1) is 25.0. The lowest BCUT2D eigenvalue weighted by Crippen LogP contribution is -2.36. The van der Waals surface area contributed by atoms with E-state index in [-0.39, 0.29) is 6.17 Å². The van der Waals surface area contributed by atoms with Gasteiger partial charge in [0.05, 0.1) is 0 Å². The minimum atomic E-state index is -0.355. The van der Waals surface area contributed by atoms with E-state index in [9.17, 15) is 0 Å². The summed E-state index contributed by atoms with van der Waals surface area (Å²) < 4.78 is 6.17. The number of furan rings is 1. The largest absolute Gasteiger partial charge is 0.456 e. The van der Waals surface area contributed by atoms with E-state index >= 15 is 0 Å². The molecule has 1 aliphatic heterocycles. The summed E-state index contributed by atoms with van der Waals surface area (Å²) in [5.41, 5.74) is 9.43. The monoisotopic (exact) mass is 553 g/mol. The zero-order chi connectivity index (χ0) is 28.6. The van der Waals surface area contributed by atoms with E-state index < -0.39 is 0 Å². The molecule has 0 spiro atoms. The van der Waals surface area contributed by atoms with Crippen molar-refractivity contribution in [1.29, 1.82) is 0 Å². The normalized spacial score (nSPS) is 14.7. The van der Waals surface area contributed by atoms with Gasteiger partial charge in [-0.1, -0.05) is 133 Å². The number of para-hydroxylation sites is 1. The van der Waals surface area contributed by atoms with Gasteiger partial charge >= 0.3 is 0 Å². The van der Waals surface area contributed by atoms with Crippen molar-refractivity contribution in [3.8, 4) is 22.3 Å². The van der Waals surface area contributed by atoms with Gasteiger partial charge in [-0.25, -0.2) is 9.98 Å². The first-order chi connectivity index (χ1) is 21.3. The Balaban J connectivity index is 1.20. The van der Waals surface area contributed by atoms with Gasteiger partial charge in [-0.15, -0.1) is 0 Å². The first-order valence-corrected chi connectivity index (χ1v) is 14.4. The fourth-order valence-electron chi connectivity index (χ4n) is 5.82. The molecule has 0 fully saturated rings. The Kier molecular flexibility index (Phi) is 6.16. The molecule has 0 radical (unpaired) electrons. The van der Waals surface area contributed by atoms with Crippen molar-refractivity contribution in [3.63, 3.8) is 0 Å². The molecule has 1 N–H and O–H groups in total. The average molecular weight is 554 g/mol. The van der Waals surface area contributed by atoms with Gasteiger partial charge in [0.1, 0.15) is 22.8 Å². The third-order valence-corrected chi connectivity index (χ3v) is 7.95. The molecule has 0 saturated heterocycles. The van der Waals surface area contributed by atoms with E-state index in [2.05, 4.69) is 115 Å². The maximum Gasteiger partial charge on any atom is 0.169 e. The summed E-state index contributed by atoms with van der Waals surface area (Å²) in [7, 11) is 0. The van der Waals surface area contributed by atoms with Crippen LogP contribution in [0.5, 0.6) is 0 Å². The van der Waals surface area contributed by atoms with Crippen molar-refractivity contribution in [2.24, 2.45) is 9.98 Å². The van der Waals surface area contributed by atoms with E-state index in [4.69, 9.17) is 14.4 Å². The number of fused-ring (bicyclic) bond motifs is 3. The molecular weight excluding hydrogens is 526 g/mol. The van der Waals surface area contributed by atoms with E-state index in [1.165, 1.54) is 11.1 Å². The van der Waals surface area contributed by atoms with Crippen LogP contribution in [0, 0.1) is 0 Å². The van der Waals surface area contributed by atoms with Crippen LogP contribution < -0.4 is 5.32 Å². The number of hydrogen-bond acceptors (Lipinski definition) is 4. The number of nitrogens with zero attached hydrogens (tertiary/aromatic N) is 2. The Hall–Kier alpha value is -5.74.